The van der Waals surface area contributed by atoms with Gasteiger partial charge in [-0.15, -0.1) is 0 Å². The summed E-state index contributed by atoms with van der Waals surface area (Å²) in [5, 5.41) is 3.76. The van der Waals surface area contributed by atoms with E-state index in [1.807, 2.05) is 18.2 Å². The average molecular weight is 460 g/mol. The summed E-state index contributed by atoms with van der Waals surface area (Å²) < 4.78 is 10.4. The van der Waals surface area contributed by atoms with E-state index < -0.39 is 0 Å². The van der Waals surface area contributed by atoms with Crippen LogP contribution in [0.25, 0.3) is 0 Å². The molecule has 1 amide bonds. The molecule has 0 radical (unpaired) electrons. The molecule has 31 heavy (non-hydrogen) atoms. The Kier molecular flexibility index (Phi) is 7.59. The molecule has 0 bridgehead atoms. The molecule has 3 rings (SSSR count). The molecule has 0 atom stereocenters. The Hall–Kier alpha value is -2.97. The Morgan fingerprint density at radius 2 is 1.97 bits per heavy atom. The van der Waals surface area contributed by atoms with Crippen molar-refractivity contribution in [2.45, 2.75) is 18.5 Å². The van der Waals surface area contributed by atoms with Gasteiger partial charge in [0.2, 0.25) is 5.91 Å². The van der Waals surface area contributed by atoms with Crippen LogP contribution in [0, 0.1) is 6.92 Å². The molecule has 7 nitrogen and oxygen atoms in total. The number of aryl methyl sites for hydroxylation is 1. The Bertz CT molecular complexity index is 1150. The third kappa shape index (κ3) is 5.80. The van der Waals surface area contributed by atoms with Crippen molar-refractivity contribution in [1.29, 1.82) is 0 Å². The molecule has 2 aromatic carbocycles. The van der Waals surface area contributed by atoms with Gasteiger partial charge in [-0.25, -0.2) is 4.98 Å². The lowest BCUT2D eigenvalue weighted by Gasteiger charge is -2.12. The van der Waals surface area contributed by atoms with E-state index in [1.54, 1.807) is 38.3 Å². The molecule has 0 saturated carbocycles. The number of benzene rings is 2. The lowest BCUT2D eigenvalue weighted by Crippen LogP contribution is -2.19. The van der Waals surface area contributed by atoms with Crippen LogP contribution < -0.4 is 20.3 Å². The highest BCUT2D eigenvalue weighted by Crippen LogP contribution is 2.29. The molecule has 162 valence electrons. The molecule has 3 aromatic rings. The Balaban J connectivity index is 1.68. The zero-order valence-electron chi connectivity index (χ0n) is 17.3. The predicted molar refractivity (Wildman–Crippen MR) is 123 cm³/mol. The van der Waals surface area contributed by atoms with Gasteiger partial charge in [-0.3, -0.25) is 9.59 Å². The van der Waals surface area contributed by atoms with Gasteiger partial charge in [-0.05, 0) is 30.7 Å². The van der Waals surface area contributed by atoms with Crippen LogP contribution in [0.4, 0.5) is 5.69 Å². The van der Waals surface area contributed by atoms with E-state index in [1.165, 1.54) is 7.11 Å². The number of nitrogens with one attached hydrogen (secondary N) is 2. The molecule has 0 aliphatic heterocycles. The fourth-order valence-electron chi connectivity index (χ4n) is 2.93. The van der Waals surface area contributed by atoms with Crippen molar-refractivity contribution in [3.05, 3.63) is 74.7 Å². The van der Waals surface area contributed by atoms with Crippen molar-refractivity contribution in [3.8, 4) is 11.5 Å². The molecule has 9 heteroatoms. The van der Waals surface area contributed by atoms with Gasteiger partial charge in [-0.2, -0.15) is 0 Å². The number of aromatic nitrogens is 2. The number of ether oxygens (including phenoxy) is 2. The summed E-state index contributed by atoms with van der Waals surface area (Å²) in [6.07, 6.45) is 0.384. The highest BCUT2D eigenvalue weighted by Gasteiger charge is 2.14. The van der Waals surface area contributed by atoms with Crippen molar-refractivity contribution >= 4 is 35.0 Å². The number of hydrogen-bond acceptors (Lipinski definition) is 6. The van der Waals surface area contributed by atoms with Crippen molar-refractivity contribution in [1.82, 2.24) is 9.97 Å². The zero-order chi connectivity index (χ0) is 22.4. The molecular weight excluding hydrogens is 438 g/mol. The number of halogens is 1. The molecular formula is C22H22ClN3O4S. The number of aromatic amines is 1. The molecule has 1 aromatic heterocycles. The minimum Gasteiger partial charge on any atom is -0.497 e. The van der Waals surface area contributed by atoms with Crippen molar-refractivity contribution < 1.29 is 14.3 Å². The second-order valence-electron chi connectivity index (χ2n) is 6.61. The summed E-state index contributed by atoms with van der Waals surface area (Å²) >= 11 is 7.34. The van der Waals surface area contributed by atoms with Gasteiger partial charge in [0.25, 0.3) is 5.56 Å². The first-order chi connectivity index (χ1) is 14.9. The fourth-order valence-corrected chi connectivity index (χ4v) is 3.83. The largest absolute Gasteiger partial charge is 0.497 e. The number of methoxy groups -OCH3 is 2. The second kappa shape index (κ2) is 10.4. The molecule has 0 aliphatic carbocycles. The van der Waals surface area contributed by atoms with Gasteiger partial charge >= 0.3 is 0 Å². The summed E-state index contributed by atoms with van der Waals surface area (Å²) in [5.74, 6) is 0.911. The van der Waals surface area contributed by atoms with Crippen LogP contribution in [0.15, 0.2) is 52.4 Å². The van der Waals surface area contributed by atoms with E-state index in [9.17, 15) is 9.59 Å². The molecule has 0 saturated heterocycles. The highest BCUT2D eigenvalue weighted by molar-refractivity contribution is 7.99. The standard InChI is InChI=1S/C22H22ClN3O4S/c1-13-16(10-14-6-4-5-7-17(14)23)21(28)26-22(24-13)31-12-20(27)25-18-11-15(29-2)8-9-19(18)30-3/h4-9,11H,10,12H2,1-3H3,(H,25,27)(H,24,26,28). The van der Waals surface area contributed by atoms with Crippen LogP contribution in [0.1, 0.15) is 16.8 Å². The molecule has 0 unspecified atom stereocenters. The first-order valence-corrected chi connectivity index (χ1v) is 10.8. The van der Waals surface area contributed by atoms with E-state index in [-0.39, 0.29) is 17.2 Å². The van der Waals surface area contributed by atoms with Gasteiger partial charge in [0.15, 0.2) is 5.16 Å². The summed E-state index contributed by atoms with van der Waals surface area (Å²) in [7, 11) is 3.07. The number of carbonyl (C=O) groups is 1. The first-order valence-electron chi connectivity index (χ1n) is 9.39. The minimum absolute atomic E-state index is 0.0621. The summed E-state index contributed by atoms with van der Waals surface area (Å²) in [4.78, 5) is 32.2. The van der Waals surface area contributed by atoms with E-state index >= 15 is 0 Å². The van der Waals surface area contributed by atoms with Gasteiger partial charge in [0, 0.05) is 28.8 Å². The maximum Gasteiger partial charge on any atom is 0.255 e. The highest BCUT2D eigenvalue weighted by atomic mass is 35.5. The van der Waals surface area contributed by atoms with Crippen molar-refractivity contribution in [2.75, 3.05) is 25.3 Å². The fraction of sp³-hybridized carbons (Fsp3) is 0.227. The zero-order valence-corrected chi connectivity index (χ0v) is 18.9. The van der Waals surface area contributed by atoms with E-state index in [0.29, 0.717) is 45.0 Å². The molecule has 0 spiro atoms. The summed E-state index contributed by atoms with van der Waals surface area (Å²) in [5.41, 5.74) is 2.25. The van der Waals surface area contributed by atoms with Gasteiger partial charge in [-0.1, -0.05) is 41.6 Å². The quantitative estimate of drug-likeness (QED) is 0.389. The minimum atomic E-state index is -0.267. The van der Waals surface area contributed by atoms with Crippen molar-refractivity contribution in [3.63, 3.8) is 0 Å². The maximum absolute atomic E-state index is 12.6. The SMILES string of the molecule is COc1ccc(OC)c(NC(=O)CSc2nc(C)c(Cc3ccccc3Cl)c(=O)[nH]2)c1. The number of nitrogens with zero attached hydrogens (tertiary/aromatic N) is 1. The van der Waals surface area contributed by atoms with Crippen LogP contribution in [-0.2, 0) is 11.2 Å². The Morgan fingerprint density at radius 1 is 1.19 bits per heavy atom. The van der Waals surface area contributed by atoms with E-state index in [0.717, 1.165) is 17.3 Å². The number of rotatable bonds is 8. The monoisotopic (exact) mass is 459 g/mol. The lowest BCUT2D eigenvalue weighted by molar-refractivity contribution is -0.113. The first kappa shape index (κ1) is 22.7. The number of amides is 1. The maximum atomic E-state index is 12.6. The van der Waals surface area contributed by atoms with E-state index in [4.69, 9.17) is 21.1 Å². The Labute approximate surface area is 189 Å². The molecule has 0 aliphatic rings. The van der Waals surface area contributed by atoms with Crippen LogP contribution in [0.5, 0.6) is 11.5 Å². The van der Waals surface area contributed by atoms with Crippen molar-refractivity contribution in [2.24, 2.45) is 0 Å². The summed E-state index contributed by atoms with van der Waals surface area (Å²) in [6, 6.07) is 12.5. The predicted octanol–water partition coefficient (Wildman–Crippen LogP) is 4.07. The number of anilines is 1. The van der Waals surface area contributed by atoms with Gasteiger partial charge < -0.3 is 19.8 Å². The number of carbonyl (C=O) groups excluding carboxylic acids is 1. The number of H-pyrrole nitrogens is 1. The Morgan fingerprint density at radius 3 is 2.65 bits per heavy atom. The smallest absolute Gasteiger partial charge is 0.255 e. The average Bonchev–Trinajstić information content (AvgIpc) is 2.76. The van der Waals surface area contributed by atoms with Crippen LogP contribution in [0.2, 0.25) is 5.02 Å². The van der Waals surface area contributed by atoms with Crippen LogP contribution in [0.3, 0.4) is 0 Å². The topological polar surface area (TPSA) is 93.3 Å². The third-order valence-corrected chi connectivity index (χ3v) is 5.79. The van der Waals surface area contributed by atoms with Crippen LogP contribution in [-0.4, -0.2) is 35.8 Å². The normalized spacial score (nSPS) is 10.6. The molecule has 1 heterocycles. The lowest BCUT2D eigenvalue weighted by atomic mass is 10.1. The number of thioether (sulfide) groups is 1. The van der Waals surface area contributed by atoms with Gasteiger partial charge in [0.05, 0.1) is 25.7 Å². The molecule has 2 N–H and O–H groups in total. The number of hydrogen-bond donors (Lipinski definition) is 2. The van der Waals surface area contributed by atoms with Gasteiger partial charge in [0.1, 0.15) is 11.5 Å². The van der Waals surface area contributed by atoms with E-state index in [2.05, 4.69) is 15.3 Å². The summed E-state index contributed by atoms with van der Waals surface area (Å²) in [6.45, 7) is 1.77. The molecule has 0 fully saturated rings. The second-order valence-corrected chi connectivity index (χ2v) is 7.98. The third-order valence-electron chi connectivity index (χ3n) is 4.55. The van der Waals surface area contributed by atoms with Crippen LogP contribution >= 0.6 is 23.4 Å².